The van der Waals surface area contributed by atoms with Crippen LogP contribution < -0.4 is 9.91 Å². The maximum Gasteiger partial charge on any atom is 0.280 e. The van der Waals surface area contributed by atoms with Crippen molar-refractivity contribution in [2.24, 2.45) is 5.10 Å². The number of aryl methyl sites for hydroxylation is 1. The summed E-state index contributed by atoms with van der Waals surface area (Å²) in [7, 11) is 3.92. The summed E-state index contributed by atoms with van der Waals surface area (Å²) in [5, 5.41) is 6.23. The molecule has 0 aliphatic carbocycles. The van der Waals surface area contributed by atoms with Crippen molar-refractivity contribution in [1.82, 2.24) is 4.98 Å². The highest BCUT2D eigenvalue weighted by atomic mass is 32.1. The molecule has 0 atom stereocenters. The van der Waals surface area contributed by atoms with Gasteiger partial charge in [0.1, 0.15) is 5.76 Å². The average Bonchev–Trinajstić information content (AvgIpc) is 3.37. The van der Waals surface area contributed by atoms with Crippen molar-refractivity contribution in [2.45, 2.75) is 6.92 Å². The zero-order valence-electron chi connectivity index (χ0n) is 16.4. The quantitative estimate of drug-likeness (QED) is 0.349. The van der Waals surface area contributed by atoms with Crippen LogP contribution >= 0.6 is 11.3 Å². The number of hydrogen-bond donors (Lipinski definition) is 0. The molecule has 2 heterocycles. The number of carbonyl (C=O) groups is 1. The number of benzene rings is 2. The summed E-state index contributed by atoms with van der Waals surface area (Å²) in [5.74, 6) is 0.302. The lowest BCUT2D eigenvalue weighted by Crippen LogP contribution is -2.25. The standard InChI is InChI=1S/C22H20N4O2S/c1-15-6-11-19-20(13-15)29-22(24-19)26(23-14-18-5-4-12-28-18)21(27)16-7-9-17(10-8-16)25(2)3/h4-14H,1-3H3/b23-14-. The molecule has 0 unspecified atom stereocenters. The summed E-state index contributed by atoms with van der Waals surface area (Å²) in [4.78, 5) is 19.9. The van der Waals surface area contributed by atoms with Crippen LogP contribution in [0.5, 0.6) is 0 Å². The maximum absolute atomic E-state index is 13.3. The van der Waals surface area contributed by atoms with Crippen LogP contribution in [0.3, 0.4) is 0 Å². The molecule has 29 heavy (non-hydrogen) atoms. The largest absolute Gasteiger partial charge is 0.463 e. The lowest BCUT2D eigenvalue weighted by atomic mass is 10.2. The molecule has 0 aliphatic rings. The molecule has 146 valence electrons. The van der Waals surface area contributed by atoms with E-state index in [4.69, 9.17) is 4.42 Å². The molecule has 7 heteroatoms. The average molecular weight is 404 g/mol. The van der Waals surface area contributed by atoms with Gasteiger partial charge < -0.3 is 9.32 Å². The van der Waals surface area contributed by atoms with Crippen molar-refractivity contribution in [2.75, 3.05) is 24.0 Å². The molecular weight excluding hydrogens is 384 g/mol. The summed E-state index contributed by atoms with van der Waals surface area (Å²) < 4.78 is 6.32. The molecule has 4 rings (SSSR count). The molecule has 0 fully saturated rings. The van der Waals surface area contributed by atoms with Crippen LogP contribution in [0.25, 0.3) is 10.2 Å². The molecule has 0 saturated heterocycles. The van der Waals surface area contributed by atoms with E-state index in [0.717, 1.165) is 21.5 Å². The fourth-order valence-corrected chi connectivity index (χ4v) is 3.82. The molecule has 0 aliphatic heterocycles. The number of furan rings is 1. The highest BCUT2D eigenvalue weighted by Crippen LogP contribution is 2.31. The summed E-state index contributed by atoms with van der Waals surface area (Å²) in [6.07, 6.45) is 3.08. The first-order valence-corrected chi connectivity index (χ1v) is 9.89. The number of anilines is 2. The van der Waals surface area contributed by atoms with Crippen LogP contribution in [0, 0.1) is 6.92 Å². The fourth-order valence-electron chi connectivity index (χ4n) is 2.80. The van der Waals surface area contributed by atoms with Crippen molar-refractivity contribution >= 4 is 44.5 Å². The van der Waals surface area contributed by atoms with Crippen molar-refractivity contribution in [3.05, 3.63) is 77.7 Å². The number of aromatic nitrogens is 1. The summed E-state index contributed by atoms with van der Waals surface area (Å²) in [5.41, 5.74) is 3.53. The van der Waals surface area contributed by atoms with Gasteiger partial charge in [0.05, 0.1) is 22.7 Å². The van der Waals surface area contributed by atoms with Gasteiger partial charge in [0.2, 0.25) is 5.13 Å². The molecule has 0 saturated carbocycles. The second kappa shape index (κ2) is 7.89. The number of rotatable bonds is 5. The minimum atomic E-state index is -0.256. The zero-order chi connectivity index (χ0) is 20.4. The Bertz CT molecular complexity index is 1160. The lowest BCUT2D eigenvalue weighted by Gasteiger charge is -2.15. The first-order valence-electron chi connectivity index (χ1n) is 9.08. The van der Waals surface area contributed by atoms with E-state index < -0.39 is 0 Å². The predicted molar refractivity (Wildman–Crippen MR) is 118 cm³/mol. The van der Waals surface area contributed by atoms with Crippen molar-refractivity contribution in [3.8, 4) is 0 Å². The highest BCUT2D eigenvalue weighted by molar-refractivity contribution is 7.22. The van der Waals surface area contributed by atoms with E-state index in [-0.39, 0.29) is 5.91 Å². The van der Waals surface area contributed by atoms with E-state index in [0.29, 0.717) is 16.5 Å². The number of thiazole rings is 1. The van der Waals surface area contributed by atoms with Crippen molar-refractivity contribution < 1.29 is 9.21 Å². The minimum absolute atomic E-state index is 0.256. The van der Waals surface area contributed by atoms with Crippen LogP contribution in [0.4, 0.5) is 10.8 Å². The topological polar surface area (TPSA) is 61.9 Å². The third-order valence-corrected chi connectivity index (χ3v) is 5.37. The van der Waals surface area contributed by atoms with Gasteiger partial charge >= 0.3 is 0 Å². The fraction of sp³-hybridized carbons (Fsp3) is 0.136. The van der Waals surface area contributed by atoms with Crippen molar-refractivity contribution in [1.29, 1.82) is 0 Å². The number of hydrazone groups is 1. The third kappa shape index (κ3) is 4.05. The second-order valence-corrected chi connectivity index (χ2v) is 7.79. The van der Waals surface area contributed by atoms with E-state index >= 15 is 0 Å². The third-order valence-electron chi connectivity index (χ3n) is 4.38. The second-order valence-electron chi connectivity index (χ2n) is 6.79. The predicted octanol–water partition coefficient (Wildman–Crippen LogP) is 4.94. The summed E-state index contributed by atoms with van der Waals surface area (Å²) in [6, 6.07) is 17.0. The number of hydrogen-bond acceptors (Lipinski definition) is 6. The highest BCUT2D eigenvalue weighted by Gasteiger charge is 2.21. The molecule has 4 aromatic rings. The Morgan fingerprint density at radius 2 is 1.93 bits per heavy atom. The van der Waals surface area contributed by atoms with Gasteiger partial charge in [-0.05, 0) is 61.0 Å². The zero-order valence-corrected chi connectivity index (χ0v) is 17.2. The van der Waals surface area contributed by atoms with E-state index in [1.54, 1.807) is 30.5 Å². The molecular formula is C22H20N4O2S. The summed E-state index contributed by atoms with van der Waals surface area (Å²) in [6.45, 7) is 2.03. The minimum Gasteiger partial charge on any atom is -0.463 e. The van der Waals surface area contributed by atoms with Crippen molar-refractivity contribution in [3.63, 3.8) is 0 Å². The Balaban J connectivity index is 1.73. The maximum atomic E-state index is 13.3. The lowest BCUT2D eigenvalue weighted by molar-refractivity contribution is 0.0988. The Labute approximate surface area is 172 Å². The Hall–Kier alpha value is -3.45. The molecule has 1 amide bonds. The normalized spacial score (nSPS) is 11.3. The van der Waals surface area contributed by atoms with Gasteiger partial charge in [-0.3, -0.25) is 4.79 Å². The van der Waals surface area contributed by atoms with E-state index in [1.807, 2.05) is 50.2 Å². The monoisotopic (exact) mass is 404 g/mol. The molecule has 2 aromatic carbocycles. The molecule has 0 spiro atoms. The van der Waals surface area contributed by atoms with E-state index in [1.165, 1.54) is 22.6 Å². The van der Waals surface area contributed by atoms with Crippen LogP contribution in [-0.2, 0) is 0 Å². The van der Waals surface area contributed by atoms with Gasteiger partial charge in [-0.1, -0.05) is 17.4 Å². The number of fused-ring (bicyclic) bond motifs is 1. The first kappa shape index (κ1) is 18.9. The molecule has 0 N–H and O–H groups in total. The number of carbonyl (C=O) groups excluding carboxylic acids is 1. The molecule has 6 nitrogen and oxygen atoms in total. The first-order chi connectivity index (χ1) is 14.0. The van der Waals surface area contributed by atoms with Gasteiger partial charge in [-0.2, -0.15) is 10.1 Å². The Morgan fingerprint density at radius 1 is 1.14 bits per heavy atom. The van der Waals surface area contributed by atoms with Crippen LogP contribution in [0.1, 0.15) is 21.7 Å². The Morgan fingerprint density at radius 3 is 2.62 bits per heavy atom. The van der Waals surface area contributed by atoms with Gasteiger partial charge in [0.25, 0.3) is 5.91 Å². The molecule has 0 radical (unpaired) electrons. The van der Waals surface area contributed by atoms with E-state index in [2.05, 4.69) is 16.2 Å². The number of nitrogens with zero attached hydrogens (tertiary/aromatic N) is 4. The van der Waals surface area contributed by atoms with Gasteiger partial charge in [-0.15, -0.1) is 0 Å². The van der Waals surface area contributed by atoms with Gasteiger partial charge in [0, 0.05) is 25.3 Å². The van der Waals surface area contributed by atoms with Crippen LogP contribution in [-0.4, -0.2) is 31.2 Å². The van der Waals surface area contributed by atoms with Crippen LogP contribution in [0.15, 0.2) is 70.4 Å². The van der Waals surface area contributed by atoms with Crippen LogP contribution in [0.2, 0.25) is 0 Å². The molecule has 2 aromatic heterocycles. The Kier molecular flexibility index (Phi) is 5.14. The van der Waals surface area contributed by atoms with Gasteiger partial charge in [-0.25, -0.2) is 4.98 Å². The summed E-state index contributed by atoms with van der Waals surface area (Å²) >= 11 is 1.43. The van der Waals surface area contributed by atoms with E-state index in [9.17, 15) is 4.79 Å². The van der Waals surface area contributed by atoms with Gasteiger partial charge in [0.15, 0.2) is 0 Å². The molecule has 0 bridgehead atoms. The SMILES string of the molecule is Cc1ccc2nc(N(/N=C\c3ccco3)C(=O)c3ccc(N(C)C)cc3)sc2c1. The smallest absolute Gasteiger partial charge is 0.280 e. The number of amides is 1.